The van der Waals surface area contributed by atoms with Gasteiger partial charge in [-0.25, -0.2) is 0 Å². The van der Waals surface area contributed by atoms with E-state index in [9.17, 15) is 19.7 Å². The molecular formula is C13H17N3O5. The number of likely N-dealkylation sites (N-methyl/N-ethyl adjacent to an activating group) is 1. The van der Waals surface area contributed by atoms with Crippen molar-refractivity contribution in [3.8, 4) is 0 Å². The van der Waals surface area contributed by atoms with E-state index in [-0.39, 0.29) is 31.1 Å². The molecule has 0 aromatic heterocycles. The number of aryl methyl sites for hydroxylation is 1. The summed E-state index contributed by atoms with van der Waals surface area (Å²) in [6, 6.07) is 4.17. The lowest BCUT2D eigenvalue weighted by molar-refractivity contribution is -0.384. The van der Waals surface area contributed by atoms with Gasteiger partial charge in [0.1, 0.15) is 0 Å². The zero-order valence-corrected chi connectivity index (χ0v) is 11.8. The molecule has 2 N–H and O–H groups in total. The molecule has 0 saturated carbocycles. The van der Waals surface area contributed by atoms with Gasteiger partial charge in [-0.2, -0.15) is 0 Å². The van der Waals surface area contributed by atoms with E-state index in [4.69, 9.17) is 5.11 Å². The Hall–Kier alpha value is -2.48. The molecule has 0 saturated heterocycles. The van der Waals surface area contributed by atoms with Gasteiger partial charge >= 0.3 is 5.97 Å². The highest BCUT2D eigenvalue weighted by Gasteiger charge is 2.12. The topological polar surface area (TPSA) is 113 Å². The highest BCUT2D eigenvalue weighted by Crippen LogP contribution is 2.21. The number of nitrogens with one attached hydrogen (secondary N) is 1. The molecule has 0 aliphatic rings. The summed E-state index contributed by atoms with van der Waals surface area (Å²) in [4.78, 5) is 33.9. The van der Waals surface area contributed by atoms with Gasteiger partial charge in [-0.3, -0.25) is 24.6 Å². The van der Waals surface area contributed by atoms with Crippen molar-refractivity contribution in [2.24, 2.45) is 0 Å². The van der Waals surface area contributed by atoms with Crippen LogP contribution in [0.3, 0.4) is 0 Å². The van der Waals surface area contributed by atoms with Crippen LogP contribution < -0.4 is 5.32 Å². The highest BCUT2D eigenvalue weighted by molar-refractivity contribution is 5.93. The SMILES string of the molecule is Cc1cc([N+](=O)[O-])ccc1NC(=O)CN(C)CCC(=O)O. The van der Waals surface area contributed by atoms with Crippen molar-refractivity contribution in [2.75, 3.05) is 25.5 Å². The number of aliphatic carboxylic acids is 1. The molecule has 0 spiro atoms. The quantitative estimate of drug-likeness (QED) is 0.578. The number of hydrogen-bond acceptors (Lipinski definition) is 5. The maximum absolute atomic E-state index is 11.8. The second-order valence-electron chi connectivity index (χ2n) is 4.69. The fraction of sp³-hybridized carbons (Fsp3) is 0.385. The van der Waals surface area contributed by atoms with Crippen molar-refractivity contribution in [1.82, 2.24) is 4.90 Å². The lowest BCUT2D eigenvalue weighted by atomic mass is 10.2. The van der Waals surface area contributed by atoms with Gasteiger partial charge in [-0.1, -0.05) is 0 Å². The molecule has 0 unspecified atom stereocenters. The van der Waals surface area contributed by atoms with Crippen LogP contribution in [0.1, 0.15) is 12.0 Å². The molecule has 0 radical (unpaired) electrons. The number of benzene rings is 1. The molecule has 0 bridgehead atoms. The number of non-ortho nitro benzene ring substituents is 1. The Morgan fingerprint density at radius 2 is 2.10 bits per heavy atom. The Labute approximate surface area is 121 Å². The molecule has 0 atom stereocenters. The average molecular weight is 295 g/mol. The Balaban J connectivity index is 2.58. The summed E-state index contributed by atoms with van der Waals surface area (Å²) in [5.41, 5.74) is 1.05. The van der Waals surface area contributed by atoms with Gasteiger partial charge in [0.15, 0.2) is 0 Å². The molecule has 1 aromatic rings. The predicted octanol–water partition coefficient (Wildman–Crippen LogP) is 1.25. The van der Waals surface area contributed by atoms with Crippen molar-refractivity contribution < 1.29 is 19.6 Å². The third kappa shape index (κ3) is 5.57. The van der Waals surface area contributed by atoms with Crippen LogP contribution in [0.15, 0.2) is 18.2 Å². The second-order valence-corrected chi connectivity index (χ2v) is 4.69. The minimum Gasteiger partial charge on any atom is -0.481 e. The first-order valence-corrected chi connectivity index (χ1v) is 6.25. The Bertz CT molecular complexity index is 559. The van der Waals surface area contributed by atoms with E-state index in [1.807, 2.05) is 0 Å². The summed E-state index contributed by atoms with van der Waals surface area (Å²) < 4.78 is 0. The number of anilines is 1. The lowest BCUT2D eigenvalue weighted by Gasteiger charge is -2.15. The molecular weight excluding hydrogens is 278 g/mol. The normalized spacial score (nSPS) is 10.4. The number of carboxylic acid groups (broad SMARTS) is 1. The van der Waals surface area contributed by atoms with E-state index in [0.717, 1.165) is 0 Å². The van der Waals surface area contributed by atoms with Gasteiger partial charge in [0.25, 0.3) is 5.69 Å². The summed E-state index contributed by atoms with van der Waals surface area (Å²) in [6.45, 7) is 1.97. The first-order chi connectivity index (χ1) is 9.79. The first-order valence-electron chi connectivity index (χ1n) is 6.25. The molecule has 0 aliphatic carbocycles. The molecule has 0 aliphatic heterocycles. The third-order valence-corrected chi connectivity index (χ3v) is 2.82. The Kier molecular flexibility index (Phi) is 5.79. The first kappa shape index (κ1) is 16.6. The molecule has 0 heterocycles. The summed E-state index contributed by atoms with van der Waals surface area (Å²) >= 11 is 0. The third-order valence-electron chi connectivity index (χ3n) is 2.82. The molecule has 8 heteroatoms. The molecule has 114 valence electrons. The van der Waals surface area contributed by atoms with Crippen molar-refractivity contribution in [3.05, 3.63) is 33.9 Å². The lowest BCUT2D eigenvalue weighted by Crippen LogP contribution is -2.31. The molecule has 0 fully saturated rings. The maximum Gasteiger partial charge on any atom is 0.304 e. The number of carboxylic acids is 1. The van der Waals surface area contributed by atoms with Gasteiger partial charge in [-0.15, -0.1) is 0 Å². The number of amides is 1. The number of nitrogens with zero attached hydrogens (tertiary/aromatic N) is 2. The highest BCUT2D eigenvalue weighted by atomic mass is 16.6. The van der Waals surface area contributed by atoms with Gasteiger partial charge in [0.05, 0.1) is 17.9 Å². The minimum absolute atomic E-state index is 0.0379. The number of carbonyl (C=O) groups excluding carboxylic acids is 1. The van der Waals surface area contributed by atoms with Crippen LogP contribution in [0.2, 0.25) is 0 Å². The van der Waals surface area contributed by atoms with Crippen LogP contribution in [0.25, 0.3) is 0 Å². The fourth-order valence-electron chi connectivity index (χ4n) is 1.70. The molecule has 1 aromatic carbocycles. The summed E-state index contributed by atoms with van der Waals surface area (Å²) in [5, 5.41) is 21.8. The smallest absolute Gasteiger partial charge is 0.304 e. The minimum atomic E-state index is -0.923. The molecule has 1 amide bonds. The van der Waals surface area contributed by atoms with Crippen molar-refractivity contribution in [1.29, 1.82) is 0 Å². The van der Waals surface area contributed by atoms with E-state index in [0.29, 0.717) is 11.3 Å². The van der Waals surface area contributed by atoms with Crippen molar-refractivity contribution >= 4 is 23.3 Å². The predicted molar refractivity (Wildman–Crippen MR) is 76.2 cm³/mol. The molecule has 21 heavy (non-hydrogen) atoms. The van der Waals surface area contributed by atoms with Crippen LogP contribution in [0.4, 0.5) is 11.4 Å². The molecule has 1 rings (SSSR count). The van der Waals surface area contributed by atoms with E-state index in [2.05, 4.69) is 5.32 Å². The van der Waals surface area contributed by atoms with Gasteiger partial charge in [0, 0.05) is 24.4 Å². The van der Waals surface area contributed by atoms with Crippen molar-refractivity contribution in [2.45, 2.75) is 13.3 Å². The number of rotatable bonds is 7. The summed E-state index contributed by atoms with van der Waals surface area (Å²) in [5.74, 6) is -1.23. The van der Waals surface area contributed by atoms with E-state index in [1.165, 1.54) is 18.2 Å². The monoisotopic (exact) mass is 295 g/mol. The van der Waals surface area contributed by atoms with Crippen LogP contribution >= 0.6 is 0 Å². The zero-order chi connectivity index (χ0) is 16.0. The zero-order valence-electron chi connectivity index (χ0n) is 11.8. The number of nitro groups is 1. The summed E-state index contributed by atoms with van der Waals surface area (Å²) in [6.07, 6.45) is -0.0413. The number of hydrogen-bond donors (Lipinski definition) is 2. The average Bonchev–Trinajstić information content (AvgIpc) is 2.38. The van der Waals surface area contributed by atoms with E-state index in [1.54, 1.807) is 18.9 Å². The van der Waals surface area contributed by atoms with E-state index >= 15 is 0 Å². The second kappa shape index (κ2) is 7.34. The standard InChI is InChI=1S/C13H17N3O5/c1-9-7-10(16(20)21)3-4-11(9)14-12(17)8-15(2)6-5-13(18)19/h3-4,7H,5-6,8H2,1-2H3,(H,14,17)(H,18,19). The number of carbonyl (C=O) groups is 2. The van der Waals surface area contributed by atoms with Crippen LogP contribution in [-0.2, 0) is 9.59 Å². The Morgan fingerprint density at radius 3 is 2.62 bits per heavy atom. The Morgan fingerprint density at radius 1 is 1.43 bits per heavy atom. The van der Waals surface area contributed by atoms with Gasteiger partial charge in [0.2, 0.25) is 5.91 Å². The summed E-state index contributed by atoms with van der Waals surface area (Å²) in [7, 11) is 1.64. The van der Waals surface area contributed by atoms with Crippen LogP contribution in [-0.4, -0.2) is 46.9 Å². The van der Waals surface area contributed by atoms with Crippen molar-refractivity contribution in [3.63, 3.8) is 0 Å². The number of nitro benzene ring substituents is 1. The molecule has 8 nitrogen and oxygen atoms in total. The van der Waals surface area contributed by atoms with Crippen LogP contribution in [0.5, 0.6) is 0 Å². The van der Waals surface area contributed by atoms with E-state index < -0.39 is 10.9 Å². The maximum atomic E-state index is 11.8. The van der Waals surface area contributed by atoms with Crippen LogP contribution in [0, 0.1) is 17.0 Å². The van der Waals surface area contributed by atoms with Gasteiger partial charge < -0.3 is 10.4 Å². The fourth-order valence-corrected chi connectivity index (χ4v) is 1.70. The largest absolute Gasteiger partial charge is 0.481 e. The van der Waals surface area contributed by atoms with Gasteiger partial charge in [-0.05, 0) is 25.6 Å².